The number of rotatable bonds is 9. The zero-order valence-corrected chi connectivity index (χ0v) is 19.6. The molecule has 3 rings (SSSR count). The minimum absolute atomic E-state index is 0.0946. The van der Waals surface area contributed by atoms with Gasteiger partial charge in [-0.25, -0.2) is 23.2 Å². The Morgan fingerprint density at radius 2 is 1.97 bits per heavy atom. The molecule has 0 saturated carbocycles. The van der Waals surface area contributed by atoms with Crippen LogP contribution in [0.4, 0.5) is 16.4 Å². The predicted molar refractivity (Wildman–Crippen MR) is 127 cm³/mol. The van der Waals surface area contributed by atoms with Gasteiger partial charge >= 0.3 is 6.09 Å². The third kappa shape index (κ3) is 6.65. The smallest absolute Gasteiger partial charge is 0.404 e. The molecule has 0 bridgehead atoms. The standard InChI is InChI=1S/C21H27N7O4S/c1-13(2)28-12-17(18-8-9-22-20(25-18)23-11-14(3)24-21(29)30)19(26-28)15-6-5-7-16(10-15)27-33(4,31)32/h5-10,12-14,24,27H,11H2,1-4H3,(H,29,30)(H,22,23,25)/t14-/m0/s1. The Hall–Kier alpha value is -3.67. The topological polar surface area (TPSA) is 151 Å². The highest BCUT2D eigenvalue weighted by Gasteiger charge is 2.17. The molecule has 0 aliphatic heterocycles. The predicted octanol–water partition coefficient (Wildman–Crippen LogP) is 3.03. The summed E-state index contributed by atoms with van der Waals surface area (Å²) in [5.74, 6) is 0.349. The lowest BCUT2D eigenvalue weighted by Crippen LogP contribution is -2.36. The van der Waals surface area contributed by atoms with E-state index in [1.807, 2.05) is 30.8 Å². The Morgan fingerprint density at radius 1 is 1.21 bits per heavy atom. The molecular weight excluding hydrogens is 446 g/mol. The molecule has 33 heavy (non-hydrogen) atoms. The Bertz CT molecular complexity index is 1240. The number of carboxylic acid groups (broad SMARTS) is 1. The van der Waals surface area contributed by atoms with Crippen LogP contribution in [0.15, 0.2) is 42.7 Å². The second kappa shape index (κ2) is 9.86. The number of nitrogens with zero attached hydrogens (tertiary/aromatic N) is 4. The summed E-state index contributed by atoms with van der Waals surface area (Å²) >= 11 is 0. The van der Waals surface area contributed by atoms with E-state index in [1.54, 1.807) is 37.4 Å². The van der Waals surface area contributed by atoms with Crippen LogP contribution in [0.25, 0.3) is 22.5 Å². The molecule has 0 unspecified atom stereocenters. The average Bonchev–Trinajstić information content (AvgIpc) is 3.17. The summed E-state index contributed by atoms with van der Waals surface area (Å²) in [7, 11) is -3.42. The minimum Gasteiger partial charge on any atom is -0.465 e. The fourth-order valence-corrected chi connectivity index (χ4v) is 3.66. The van der Waals surface area contributed by atoms with Gasteiger partial charge in [-0.2, -0.15) is 5.10 Å². The quantitative estimate of drug-likeness (QED) is 0.370. The van der Waals surface area contributed by atoms with Gasteiger partial charge in [0.25, 0.3) is 0 Å². The van der Waals surface area contributed by atoms with Crippen LogP contribution in [-0.4, -0.2) is 58.2 Å². The Labute approximate surface area is 192 Å². The van der Waals surface area contributed by atoms with Crippen molar-refractivity contribution in [2.45, 2.75) is 32.9 Å². The van der Waals surface area contributed by atoms with Crippen LogP contribution in [0, 0.1) is 0 Å². The number of amides is 1. The van der Waals surface area contributed by atoms with Crippen LogP contribution in [0.2, 0.25) is 0 Å². The highest BCUT2D eigenvalue weighted by Crippen LogP contribution is 2.32. The van der Waals surface area contributed by atoms with Crippen molar-refractivity contribution in [2.75, 3.05) is 22.8 Å². The number of hydrogen-bond acceptors (Lipinski definition) is 7. The van der Waals surface area contributed by atoms with Crippen LogP contribution < -0.4 is 15.4 Å². The van der Waals surface area contributed by atoms with Gasteiger partial charge in [0.15, 0.2) is 0 Å². The van der Waals surface area contributed by atoms with E-state index in [9.17, 15) is 13.2 Å². The van der Waals surface area contributed by atoms with Gasteiger partial charge in [0.05, 0.1) is 11.9 Å². The molecule has 2 aromatic heterocycles. The van der Waals surface area contributed by atoms with E-state index in [1.165, 1.54) is 0 Å². The van der Waals surface area contributed by atoms with Gasteiger partial charge < -0.3 is 15.7 Å². The number of sulfonamides is 1. The van der Waals surface area contributed by atoms with E-state index in [0.29, 0.717) is 29.6 Å². The van der Waals surface area contributed by atoms with Crippen molar-refractivity contribution in [1.29, 1.82) is 0 Å². The highest BCUT2D eigenvalue weighted by atomic mass is 32.2. The molecule has 3 aromatic rings. The van der Waals surface area contributed by atoms with Gasteiger partial charge in [0.2, 0.25) is 16.0 Å². The second-order valence-corrected chi connectivity index (χ2v) is 9.67. The normalized spacial score (nSPS) is 12.4. The first-order valence-corrected chi connectivity index (χ1v) is 12.1. The zero-order valence-electron chi connectivity index (χ0n) is 18.8. The van der Waals surface area contributed by atoms with Crippen LogP contribution >= 0.6 is 0 Å². The molecule has 12 heteroatoms. The molecule has 11 nitrogen and oxygen atoms in total. The molecule has 1 atom stereocenters. The Kier molecular flexibility index (Phi) is 7.16. The number of hydrogen-bond donors (Lipinski definition) is 4. The SMILES string of the molecule is CC(C)n1cc(-c2ccnc(NC[C@H](C)NC(=O)O)n2)c(-c2cccc(NS(C)(=O)=O)c2)n1. The molecule has 176 valence electrons. The van der Waals surface area contributed by atoms with Crippen molar-refractivity contribution in [3.05, 3.63) is 42.7 Å². The van der Waals surface area contributed by atoms with Crippen LogP contribution in [0.1, 0.15) is 26.8 Å². The lowest BCUT2D eigenvalue weighted by Gasteiger charge is -2.12. The maximum absolute atomic E-state index is 11.6. The molecule has 0 radical (unpaired) electrons. The maximum atomic E-state index is 11.6. The number of aromatic nitrogens is 4. The van der Waals surface area contributed by atoms with E-state index in [-0.39, 0.29) is 12.1 Å². The molecule has 0 aliphatic carbocycles. The third-order valence-corrected chi connectivity index (χ3v) is 5.17. The molecule has 1 aromatic carbocycles. The van der Waals surface area contributed by atoms with E-state index in [0.717, 1.165) is 17.4 Å². The summed E-state index contributed by atoms with van der Waals surface area (Å²) in [5, 5.41) is 18.9. The fraction of sp³-hybridized carbons (Fsp3) is 0.333. The van der Waals surface area contributed by atoms with Crippen molar-refractivity contribution in [1.82, 2.24) is 25.1 Å². The molecule has 0 spiro atoms. The minimum atomic E-state index is -3.42. The first-order valence-electron chi connectivity index (χ1n) is 10.3. The average molecular weight is 474 g/mol. The molecule has 0 saturated heterocycles. The molecule has 4 N–H and O–H groups in total. The largest absolute Gasteiger partial charge is 0.465 e. The van der Waals surface area contributed by atoms with Gasteiger partial charge in [0, 0.05) is 47.8 Å². The third-order valence-electron chi connectivity index (χ3n) is 4.57. The van der Waals surface area contributed by atoms with Gasteiger partial charge in [-0.3, -0.25) is 9.40 Å². The number of benzene rings is 1. The van der Waals surface area contributed by atoms with Crippen molar-refractivity contribution in [3.8, 4) is 22.5 Å². The zero-order chi connectivity index (χ0) is 24.2. The van der Waals surface area contributed by atoms with Crippen LogP contribution in [0.5, 0.6) is 0 Å². The molecule has 0 aliphatic rings. The molecule has 2 heterocycles. The van der Waals surface area contributed by atoms with Gasteiger partial charge in [0.1, 0.15) is 5.69 Å². The number of nitrogens with one attached hydrogen (secondary N) is 3. The lowest BCUT2D eigenvalue weighted by molar-refractivity contribution is 0.191. The van der Waals surface area contributed by atoms with E-state index in [2.05, 4.69) is 25.3 Å². The van der Waals surface area contributed by atoms with Gasteiger partial charge in [-0.05, 0) is 39.0 Å². The van der Waals surface area contributed by atoms with Gasteiger partial charge in [-0.1, -0.05) is 12.1 Å². The van der Waals surface area contributed by atoms with E-state index >= 15 is 0 Å². The number of anilines is 2. The van der Waals surface area contributed by atoms with Crippen molar-refractivity contribution in [3.63, 3.8) is 0 Å². The van der Waals surface area contributed by atoms with Crippen molar-refractivity contribution >= 4 is 27.8 Å². The van der Waals surface area contributed by atoms with Crippen LogP contribution in [0.3, 0.4) is 0 Å². The highest BCUT2D eigenvalue weighted by molar-refractivity contribution is 7.92. The molecule has 0 fully saturated rings. The van der Waals surface area contributed by atoms with Crippen molar-refractivity contribution in [2.24, 2.45) is 0 Å². The Balaban J connectivity index is 1.96. The van der Waals surface area contributed by atoms with E-state index in [4.69, 9.17) is 10.2 Å². The summed E-state index contributed by atoms with van der Waals surface area (Å²) in [6.07, 6.45) is 3.49. The molecule has 1 amide bonds. The fourth-order valence-electron chi connectivity index (χ4n) is 3.10. The van der Waals surface area contributed by atoms with Crippen molar-refractivity contribution < 1.29 is 18.3 Å². The van der Waals surface area contributed by atoms with E-state index < -0.39 is 16.1 Å². The lowest BCUT2D eigenvalue weighted by atomic mass is 10.1. The summed E-state index contributed by atoms with van der Waals surface area (Å²) in [6, 6.07) is 8.51. The summed E-state index contributed by atoms with van der Waals surface area (Å²) in [5.41, 5.74) is 3.18. The second-order valence-electron chi connectivity index (χ2n) is 7.92. The maximum Gasteiger partial charge on any atom is 0.404 e. The van der Waals surface area contributed by atoms with Gasteiger partial charge in [-0.15, -0.1) is 0 Å². The molecular formula is C21H27N7O4S. The van der Waals surface area contributed by atoms with Crippen LogP contribution in [-0.2, 0) is 10.0 Å². The summed E-state index contributed by atoms with van der Waals surface area (Å²) < 4.78 is 27.6. The summed E-state index contributed by atoms with van der Waals surface area (Å²) in [4.78, 5) is 19.6. The Morgan fingerprint density at radius 3 is 2.64 bits per heavy atom. The first kappa shape index (κ1) is 24.0. The monoisotopic (exact) mass is 473 g/mol. The first-order chi connectivity index (χ1) is 15.5. The number of carbonyl (C=O) groups is 1. The summed E-state index contributed by atoms with van der Waals surface area (Å²) in [6.45, 7) is 6.05.